The van der Waals surface area contributed by atoms with Crippen molar-refractivity contribution < 1.29 is 0 Å². The molecule has 2 aromatic carbocycles. The Bertz CT molecular complexity index is 1000. The molecule has 0 fully saturated rings. The second kappa shape index (κ2) is 6.87. The van der Waals surface area contributed by atoms with E-state index in [4.69, 9.17) is 11.6 Å². The lowest BCUT2D eigenvalue weighted by Crippen LogP contribution is -1.97. The molecule has 0 saturated carbocycles. The first-order chi connectivity index (χ1) is 12.3. The summed E-state index contributed by atoms with van der Waals surface area (Å²) in [4.78, 5) is 12.6. The molecule has 0 aliphatic heterocycles. The summed E-state index contributed by atoms with van der Waals surface area (Å²) in [6, 6.07) is 20.1. The summed E-state index contributed by atoms with van der Waals surface area (Å²) >= 11 is 6.04. The fourth-order valence-electron chi connectivity index (χ4n) is 2.72. The van der Waals surface area contributed by atoms with Crippen LogP contribution in [-0.2, 0) is 6.42 Å². The van der Waals surface area contributed by atoms with Crippen LogP contribution in [0.5, 0.6) is 0 Å². The Morgan fingerprint density at radius 3 is 2.32 bits per heavy atom. The zero-order valence-corrected chi connectivity index (χ0v) is 14.1. The number of anilines is 2. The molecule has 4 rings (SSSR count). The Balaban J connectivity index is 1.58. The monoisotopic (exact) mass is 346 g/mol. The Labute approximate surface area is 150 Å². The van der Waals surface area contributed by atoms with Gasteiger partial charge in [-0.15, -0.1) is 0 Å². The van der Waals surface area contributed by atoms with E-state index in [9.17, 15) is 0 Å². The fraction of sp³-hybridized carbons (Fsp3) is 0.0500. The van der Waals surface area contributed by atoms with Gasteiger partial charge in [-0.25, -0.2) is 4.98 Å². The molecule has 25 heavy (non-hydrogen) atoms. The highest BCUT2D eigenvalue weighted by Gasteiger charge is 2.06. The molecule has 0 unspecified atom stereocenters. The largest absolute Gasteiger partial charge is 0.340 e. The van der Waals surface area contributed by atoms with Gasteiger partial charge >= 0.3 is 0 Å². The van der Waals surface area contributed by atoms with E-state index in [1.807, 2.05) is 60.9 Å². The number of halogens is 1. The Morgan fingerprint density at radius 1 is 0.800 bits per heavy atom. The van der Waals surface area contributed by atoms with E-state index in [-0.39, 0.29) is 5.28 Å². The van der Waals surface area contributed by atoms with Gasteiger partial charge in [0, 0.05) is 23.5 Å². The Kier molecular flexibility index (Phi) is 4.27. The van der Waals surface area contributed by atoms with Gasteiger partial charge in [0.1, 0.15) is 5.82 Å². The molecule has 0 radical (unpaired) electrons. The number of nitrogens with one attached hydrogen (secondary N) is 1. The third-order valence-corrected chi connectivity index (χ3v) is 4.12. The van der Waals surface area contributed by atoms with Crippen LogP contribution in [0.15, 0.2) is 73.1 Å². The minimum Gasteiger partial charge on any atom is -0.340 e. The smallest absolute Gasteiger partial charge is 0.224 e. The van der Waals surface area contributed by atoms with Crippen molar-refractivity contribution in [2.45, 2.75) is 6.42 Å². The van der Waals surface area contributed by atoms with Crippen molar-refractivity contribution in [3.8, 4) is 0 Å². The Hall–Kier alpha value is -2.98. The van der Waals surface area contributed by atoms with Gasteiger partial charge in [-0.2, -0.15) is 4.98 Å². The molecule has 4 nitrogen and oxygen atoms in total. The number of hydrogen-bond donors (Lipinski definition) is 1. The molecule has 0 saturated heterocycles. The molecule has 0 aliphatic carbocycles. The number of nitrogens with zero attached hydrogens (tertiary/aromatic N) is 3. The molecule has 1 N–H and O–H groups in total. The normalized spacial score (nSPS) is 10.8. The van der Waals surface area contributed by atoms with Gasteiger partial charge in [0.25, 0.3) is 0 Å². The van der Waals surface area contributed by atoms with Gasteiger partial charge in [-0.1, -0.05) is 24.3 Å². The molecule has 0 atom stereocenters. The highest BCUT2D eigenvalue weighted by Crippen LogP contribution is 2.25. The van der Waals surface area contributed by atoms with Gasteiger partial charge in [0.15, 0.2) is 0 Å². The standard InChI is InChI=1S/C20H15ClN4/c21-20-24-18-4-2-1-3-17(18)19(25-20)23-16-7-5-14(6-8-16)13-15-9-11-22-12-10-15/h1-12H,13H2,(H,23,24,25). The van der Waals surface area contributed by atoms with Crippen LogP contribution in [0.25, 0.3) is 10.9 Å². The minimum absolute atomic E-state index is 0.232. The highest BCUT2D eigenvalue weighted by molar-refractivity contribution is 6.28. The van der Waals surface area contributed by atoms with E-state index < -0.39 is 0 Å². The molecule has 2 heterocycles. The van der Waals surface area contributed by atoms with Gasteiger partial charge in [0.2, 0.25) is 5.28 Å². The first-order valence-electron chi connectivity index (χ1n) is 7.95. The van der Waals surface area contributed by atoms with E-state index in [1.54, 1.807) is 0 Å². The lowest BCUT2D eigenvalue weighted by Gasteiger charge is -2.10. The zero-order valence-electron chi connectivity index (χ0n) is 13.4. The van der Waals surface area contributed by atoms with Crippen LogP contribution in [-0.4, -0.2) is 15.0 Å². The van der Waals surface area contributed by atoms with Crippen molar-refractivity contribution in [1.29, 1.82) is 0 Å². The predicted octanol–water partition coefficient (Wildman–Crippen LogP) is 5.01. The van der Waals surface area contributed by atoms with E-state index in [1.165, 1.54) is 11.1 Å². The van der Waals surface area contributed by atoms with Gasteiger partial charge < -0.3 is 5.32 Å². The van der Waals surface area contributed by atoms with Gasteiger partial charge in [-0.05, 0) is 65.5 Å². The lowest BCUT2D eigenvalue weighted by molar-refractivity contribution is 1.16. The quantitative estimate of drug-likeness (QED) is 0.527. The zero-order chi connectivity index (χ0) is 17.1. The SMILES string of the molecule is Clc1nc(Nc2ccc(Cc3ccncc3)cc2)c2ccccc2n1. The number of hydrogen-bond acceptors (Lipinski definition) is 4. The van der Waals surface area contributed by atoms with Crippen LogP contribution in [0.4, 0.5) is 11.5 Å². The molecule has 122 valence electrons. The summed E-state index contributed by atoms with van der Waals surface area (Å²) in [7, 11) is 0. The number of benzene rings is 2. The molecule has 0 spiro atoms. The second-order valence-electron chi connectivity index (χ2n) is 5.71. The van der Waals surface area contributed by atoms with Crippen molar-refractivity contribution in [1.82, 2.24) is 15.0 Å². The topological polar surface area (TPSA) is 50.7 Å². The highest BCUT2D eigenvalue weighted by atomic mass is 35.5. The van der Waals surface area contributed by atoms with E-state index >= 15 is 0 Å². The summed E-state index contributed by atoms with van der Waals surface area (Å²) in [6.45, 7) is 0. The molecule has 0 bridgehead atoms. The van der Waals surface area contributed by atoms with Crippen LogP contribution in [0.3, 0.4) is 0 Å². The molecule has 0 aliphatic rings. The van der Waals surface area contributed by atoms with Crippen LogP contribution in [0.1, 0.15) is 11.1 Å². The first kappa shape index (κ1) is 15.5. The first-order valence-corrected chi connectivity index (χ1v) is 8.33. The predicted molar refractivity (Wildman–Crippen MR) is 101 cm³/mol. The summed E-state index contributed by atoms with van der Waals surface area (Å²) in [5, 5.41) is 4.50. The summed E-state index contributed by atoms with van der Waals surface area (Å²) in [5.74, 6) is 0.706. The van der Waals surface area contributed by atoms with Crippen LogP contribution >= 0.6 is 11.6 Å². The van der Waals surface area contributed by atoms with Crippen LogP contribution < -0.4 is 5.32 Å². The molecule has 0 amide bonds. The molecule has 4 aromatic rings. The van der Waals surface area contributed by atoms with Gasteiger partial charge in [0.05, 0.1) is 5.52 Å². The van der Waals surface area contributed by atoms with Crippen molar-refractivity contribution in [2.24, 2.45) is 0 Å². The van der Waals surface area contributed by atoms with E-state index in [2.05, 4.69) is 32.4 Å². The molecular weight excluding hydrogens is 332 g/mol. The maximum Gasteiger partial charge on any atom is 0.224 e. The molecular formula is C20H15ClN4. The van der Waals surface area contributed by atoms with Crippen molar-refractivity contribution in [3.05, 3.63) is 89.5 Å². The third kappa shape index (κ3) is 3.59. The maximum absolute atomic E-state index is 6.04. The van der Waals surface area contributed by atoms with Crippen molar-refractivity contribution >= 4 is 34.0 Å². The third-order valence-electron chi connectivity index (χ3n) is 3.95. The fourth-order valence-corrected chi connectivity index (χ4v) is 2.90. The number of aromatic nitrogens is 3. The second-order valence-corrected chi connectivity index (χ2v) is 6.05. The summed E-state index contributed by atoms with van der Waals surface area (Å²) < 4.78 is 0. The molecule has 2 aromatic heterocycles. The summed E-state index contributed by atoms with van der Waals surface area (Å²) in [5.41, 5.74) is 4.25. The average Bonchev–Trinajstić information content (AvgIpc) is 2.64. The van der Waals surface area contributed by atoms with E-state index in [0.717, 1.165) is 23.0 Å². The average molecular weight is 347 g/mol. The van der Waals surface area contributed by atoms with Crippen LogP contribution in [0, 0.1) is 0 Å². The number of para-hydroxylation sites is 1. The van der Waals surface area contributed by atoms with Crippen molar-refractivity contribution in [3.63, 3.8) is 0 Å². The van der Waals surface area contributed by atoms with E-state index in [0.29, 0.717) is 5.82 Å². The summed E-state index contributed by atoms with van der Waals surface area (Å²) in [6.07, 6.45) is 4.51. The van der Waals surface area contributed by atoms with Gasteiger partial charge in [-0.3, -0.25) is 4.98 Å². The minimum atomic E-state index is 0.232. The van der Waals surface area contributed by atoms with Crippen LogP contribution in [0.2, 0.25) is 5.28 Å². The molecule has 5 heteroatoms. The number of pyridine rings is 1. The number of rotatable bonds is 4. The lowest BCUT2D eigenvalue weighted by atomic mass is 10.1. The maximum atomic E-state index is 6.04. The number of fused-ring (bicyclic) bond motifs is 1. The Morgan fingerprint density at radius 2 is 1.52 bits per heavy atom. The van der Waals surface area contributed by atoms with Crippen molar-refractivity contribution in [2.75, 3.05) is 5.32 Å².